The first-order chi connectivity index (χ1) is 14.7. The van der Waals surface area contributed by atoms with E-state index in [2.05, 4.69) is 6.92 Å². The van der Waals surface area contributed by atoms with Gasteiger partial charge in [-0.15, -0.1) is 0 Å². The summed E-state index contributed by atoms with van der Waals surface area (Å²) in [5.74, 6) is 0.0423. The average Bonchev–Trinajstić information content (AvgIpc) is 2.71. The summed E-state index contributed by atoms with van der Waals surface area (Å²) in [6.07, 6.45) is 29.4. The van der Waals surface area contributed by atoms with Crippen LogP contribution in [-0.2, 0) is 4.79 Å². The van der Waals surface area contributed by atoms with Gasteiger partial charge in [0, 0.05) is 13.0 Å². The molecule has 1 atom stereocenters. The van der Waals surface area contributed by atoms with Crippen molar-refractivity contribution in [1.29, 1.82) is 0 Å². The lowest BCUT2D eigenvalue weighted by atomic mass is 9.99. The fourth-order valence-electron chi connectivity index (χ4n) is 4.32. The second kappa shape index (κ2) is 24.7. The average molecular weight is 427 g/mol. The van der Waals surface area contributed by atoms with Gasteiger partial charge < -0.3 is 10.2 Å². The number of hydrogen-bond acceptors (Lipinski definition) is 2. The molecule has 3 nitrogen and oxygen atoms in total. The van der Waals surface area contributed by atoms with Gasteiger partial charge in [0.15, 0.2) is 0 Å². The fourth-order valence-corrected chi connectivity index (χ4v) is 4.32. The van der Waals surface area contributed by atoms with Gasteiger partial charge in [0.2, 0.25) is 0 Å². The largest absolute Gasteiger partial charge is 0.481 e. The molecule has 30 heavy (non-hydrogen) atoms. The molecular formula is C27H54O3. The van der Waals surface area contributed by atoms with Crippen LogP contribution in [0, 0.1) is 5.92 Å². The van der Waals surface area contributed by atoms with Gasteiger partial charge in [0.05, 0.1) is 0 Å². The number of rotatable bonds is 25. The van der Waals surface area contributed by atoms with Crippen LogP contribution in [0.1, 0.15) is 155 Å². The minimum Gasteiger partial charge on any atom is -0.481 e. The topological polar surface area (TPSA) is 57.5 Å². The molecule has 2 N–H and O–H groups in total. The van der Waals surface area contributed by atoms with Crippen LogP contribution in [0.5, 0.6) is 0 Å². The van der Waals surface area contributed by atoms with E-state index in [0.29, 0.717) is 18.9 Å². The van der Waals surface area contributed by atoms with E-state index in [0.717, 1.165) is 19.3 Å². The van der Waals surface area contributed by atoms with Crippen LogP contribution in [0.3, 0.4) is 0 Å². The van der Waals surface area contributed by atoms with Crippen molar-refractivity contribution in [3.63, 3.8) is 0 Å². The summed E-state index contributed by atoms with van der Waals surface area (Å²) in [6, 6.07) is 0. The SMILES string of the molecule is C[C@H](CCO)CCCCCCCCCCCCCCCCCCCCCCC(=O)O. The van der Waals surface area contributed by atoms with Crippen LogP contribution in [0.2, 0.25) is 0 Å². The maximum absolute atomic E-state index is 10.4. The van der Waals surface area contributed by atoms with Gasteiger partial charge in [-0.25, -0.2) is 0 Å². The summed E-state index contributed by atoms with van der Waals surface area (Å²) in [6.45, 7) is 2.61. The van der Waals surface area contributed by atoms with E-state index in [1.807, 2.05) is 0 Å². The van der Waals surface area contributed by atoms with Crippen LogP contribution in [0.25, 0.3) is 0 Å². The van der Waals surface area contributed by atoms with Gasteiger partial charge in [-0.2, -0.15) is 0 Å². The lowest BCUT2D eigenvalue weighted by molar-refractivity contribution is -0.137. The molecule has 0 unspecified atom stereocenters. The van der Waals surface area contributed by atoms with E-state index in [4.69, 9.17) is 10.2 Å². The molecule has 0 radical (unpaired) electrons. The maximum Gasteiger partial charge on any atom is 0.303 e. The lowest BCUT2D eigenvalue weighted by Crippen LogP contribution is -1.97. The Hall–Kier alpha value is -0.570. The summed E-state index contributed by atoms with van der Waals surface area (Å²) in [5.41, 5.74) is 0. The molecule has 0 aromatic rings. The number of carbonyl (C=O) groups is 1. The van der Waals surface area contributed by atoms with E-state index in [-0.39, 0.29) is 0 Å². The van der Waals surface area contributed by atoms with Crippen molar-refractivity contribution in [3.8, 4) is 0 Å². The first-order valence-electron chi connectivity index (χ1n) is 13.5. The Balaban J connectivity index is 3.04. The van der Waals surface area contributed by atoms with Crippen LogP contribution < -0.4 is 0 Å². The molecule has 0 aliphatic rings. The maximum atomic E-state index is 10.4. The van der Waals surface area contributed by atoms with Crippen LogP contribution >= 0.6 is 0 Å². The van der Waals surface area contributed by atoms with Crippen molar-refractivity contribution >= 4 is 5.97 Å². The second-order valence-electron chi connectivity index (χ2n) is 9.62. The zero-order valence-corrected chi connectivity index (χ0v) is 20.4. The summed E-state index contributed by atoms with van der Waals surface area (Å²) in [4.78, 5) is 10.4. The van der Waals surface area contributed by atoms with Crippen molar-refractivity contribution in [2.45, 2.75) is 155 Å². The highest BCUT2D eigenvalue weighted by Crippen LogP contribution is 2.16. The normalized spacial score (nSPS) is 12.3. The number of carboxylic acids is 1. The van der Waals surface area contributed by atoms with Crippen molar-refractivity contribution in [2.24, 2.45) is 5.92 Å². The Morgan fingerprint density at radius 2 is 0.833 bits per heavy atom. The predicted molar refractivity (Wildman–Crippen MR) is 130 cm³/mol. The van der Waals surface area contributed by atoms with Crippen LogP contribution in [0.15, 0.2) is 0 Å². The Kier molecular flexibility index (Phi) is 24.2. The highest BCUT2D eigenvalue weighted by molar-refractivity contribution is 5.66. The number of carboxylic acid groups (broad SMARTS) is 1. The third kappa shape index (κ3) is 25.5. The Morgan fingerprint density at radius 3 is 1.13 bits per heavy atom. The lowest BCUT2D eigenvalue weighted by Gasteiger charge is -2.08. The van der Waals surface area contributed by atoms with Gasteiger partial charge in [-0.3, -0.25) is 4.79 Å². The Morgan fingerprint density at radius 1 is 0.533 bits per heavy atom. The number of unbranched alkanes of at least 4 members (excludes halogenated alkanes) is 19. The minimum atomic E-state index is -0.655. The molecule has 0 heterocycles. The summed E-state index contributed by atoms with van der Waals surface area (Å²) < 4.78 is 0. The molecule has 0 saturated carbocycles. The van der Waals surface area contributed by atoms with Gasteiger partial charge in [0.1, 0.15) is 0 Å². The molecule has 0 aromatic heterocycles. The molecule has 0 amide bonds. The van der Waals surface area contributed by atoms with Gasteiger partial charge in [-0.05, 0) is 18.8 Å². The van der Waals surface area contributed by atoms with E-state index < -0.39 is 5.97 Å². The van der Waals surface area contributed by atoms with E-state index in [1.165, 1.54) is 122 Å². The molecule has 180 valence electrons. The third-order valence-corrected chi connectivity index (χ3v) is 6.46. The van der Waals surface area contributed by atoms with Gasteiger partial charge in [-0.1, -0.05) is 135 Å². The molecule has 0 bridgehead atoms. The van der Waals surface area contributed by atoms with Crippen molar-refractivity contribution in [1.82, 2.24) is 0 Å². The van der Waals surface area contributed by atoms with E-state index in [1.54, 1.807) is 0 Å². The molecule has 0 aromatic carbocycles. The molecule has 0 rings (SSSR count). The van der Waals surface area contributed by atoms with E-state index >= 15 is 0 Å². The highest BCUT2D eigenvalue weighted by atomic mass is 16.4. The monoisotopic (exact) mass is 426 g/mol. The molecule has 0 aliphatic carbocycles. The Labute approximate surface area is 188 Å². The van der Waals surface area contributed by atoms with Crippen molar-refractivity contribution < 1.29 is 15.0 Å². The van der Waals surface area contributed by atoms with Gasteiger partial charge in [0.25, 0.3) is 0 Å². The Bertz CT molecular complexity index is 343. The smallest absolute Gasteiger partial charge is 0.303 e. The summed E-state index contributed by atoms with van der Waals surface area (Å²) >= 11 is 0. The molecule has 3 heteroatoms. The second-order valence-corrected chi connectivity index (χ2v) is 9.62. The number of aliphatic hydroxyl groups is 1. The van der Waals surface area contributed by atoms with Crippen molar-refractivity contribution in [2.75, 3.05) is 6.61 Å². The highest BCUT2D eigenvalue weighted by Gasteiger charge is 2.01. The quantitative estimate of drug-likeness (QED) is 0.144. The molecular weight excluding hydrogens is 372 g/mol. The molecule has 0 fully saturated rings. The minimum absolute atomic E-state index is 0.340. The molecule has 0 saturated heterocycles. The zero-order valence-electron chi connectivity index (χ0n) is 20.4. The van der Waals surface area contributed by atoms with Crippen molar-refractivity contribution in [3.05, 3.63) is 0 Å². The number of aliphatic hydroxyl groups excluding tert-OH is 1. The predicted octanol–water partition coefficient (Wildman–Crippen LogP) is 8.67. The summed E-state index contributed by atoms with van der Waals surface area (Å²) in [5, 5.41) is 17.5. The van der Waals surface area contributed by atoms with Crippen LogP contribution in [0.4, 0.5) is 0 Å². The number of hydrogen-bond donors (Lipinski definition) is 2. The molecule has 0 spiro atoms. The summed E-state index contributed by atoms with van der Waals surface area (Å²) in [7, 11) is 0. The third-order valence-electron chi connectivity index (χ3n) is 6.46. The zero-order chi connectivity index (χ0) is 22.1. The first kappa shape index (κ1) is 29.4. The van der Waals surface area contributed by atoms with E-state index in [9.17, 15) is 4.79 Å². The molecule has 0 aliphatic heterocycles. The van der Waals surface area contributed by atoms with Gasteiger partial charge >= 0.3 is 5.97 Å². The fraction of sp³-hybridized carbons (Fsp3) is 0.963. The van der Waals surface area contributed by atoms with Crippen LogP contribution in [-0.4, -0.2) is 22.8 Å². The standard InChI is InChI=1S/C27H54O3/c1-26(24-25-28)22-20-18-16-14-12-10-8-6-4-2-3-5-7-9-11-13-15-17-19-21-23-27(29)30/h26,28H,2-25H2,1H3,(H,29,30)/t26-/m0/s1. The number of aliphatic carboxylic acids is 1. The first-order valence-corrected chi connectivity index (χ1v) is 13.5.